The van der Waals surface area contributed by atoms with Gasteiger partial charge in [-0.15, -0.1) is 0 Å². The Morgan fingerprint density at radius 1 is 1.35 bits per heavy atom. The lowest BCUT2D eigenvalue weighted by molar-refractivity contribution is -0.130. The number of hydrogen-bond acceptors (Lipinski definition) is 4. The monoisotopic (exact) mass is 243 g/mol. The predicted molar refractivity (Wildman–Crippen MR) is 67.8 cm³/mol. The summed E-state index contributed by atoms with van der Waals surface area (Å²) in [5, 5.41) is 0. The standard InChI is InChI=1S/C12H25N3O2/c1-14(2)12(16)8-11(9-13)15(3)10-4-6-17-7-5-10/h10-11H,4-9,13H2,1-3H3. The molecule has 1 rings (SSSR count). The van der Waals surface area contributed by atoms with E-state index in [1.54, 1.807) is 19.0 Å². The van der Waals surface area contributed by atoms with Crippen molar-refractivity contribution in [2.75, 3.05) is 40.9 Å². The molecule has 0 saturated carbocycles. The van der Waals surface area contributed by atoms with Gasteiger partial charge < -0.3 is 15.4 Å². The lowest BCUT2D eigenvalue weighted by Crippen LogP contribution is -2.48. The van der Waals surface area contributed by atoms with E-state index in [0.717, 1.165) is 26.1 Å². The molecule has 1 saturated heterocycles. The highest BCUT2D eigenvalue weighted by Crippen LogP contribution is 2.16. The third-order valence-corrected chi connectivity index (χ3v) is 3.52. The molecule has 0 aromatic heterocycles. The van der Waals surface area contributed by atoms with Crippen LogP contribution in [0.3, 0.4) is 0 Å². The van der Waals surface area contributed by atoms with Crippen molar-refractivity contribution in [1.82, 2.24) is 9.80 Å². The minimum Gasteiger partial charge on any atom is -0.381 e. The largest absolute Gasteiger partial charge is 0.381 e. The fourth-order valence-corrected chi connectivity index (χ4v) is 2.17. The Labute approximate surface area is 104 Å². The Hall–Kier alpha value is -0.650. The van der Waals surface area contributed by atoms with Crippen molar-refractivity contribution in [1.29, 1.82) is 0 Å². The Morgan fingerprint density at radius 3 is 2.41 bits per heavy atom. The molecule has 2 N–H and O–H groups in total. The summed E-state index contributed by atoms with van der Waals surface area (Å²) in [5.74, 6) is 0.138. The topological polar surface area (TPSA) is 58.8 Å². The molecule has 0 aromatic carbocycles. The van der Waals surface area contributed by atoms with Gasteiger partial charge in [-0.25, -0.2) is 0 Å². The van der Waals surface area contributed by atoms with E-state index in [9.17, 15) is 4.79 Å². The summed E-state index contributed by atoms with van der Waals surface area (Å²) in [4.78, 5) is 15.6. The Morgan fingerprint density at radius 2 is 1.94 bits per heavy atom. The van der Waals surface area contributed by atoms with E-state index in [1.165, 1.54) is 0 Å². The maximum atomic E-state index is 11.7. The fourth-order valence-electron chi connectivity index (χ4n) is 2.17. The minimum absolute atomic E-state index is 0.132. The van der Waals surface area contributed by atoms with E-state index in [2.05, 4.69) is 11.9 Å². The van der Waals surface area contributed by atoms with E-state index in [0.29, 0.717) is 19.0 Å². The first-order valence-electron chi connectivity index (χ1n) is 6.26. The van der Waals surface area contributed by atoms with Gasteiger partial charge in [0.1, 0.15) is 0 Å². The van der Waals surface area contributed by atoms with Gasteiger partial charge in [0.05, 0.1) is 0 Å². The number of hydrogen-bond donors (Lipinski definition) is 1. The van der Waals surface area contributed by atoms with E-state index in [-0.39, 0.29) is 11.9 Å². The summed E-state index contributed by atoms with van der Waals surface area (Å²) in [6.07, 6.45) is 2.56. The van der Waals surface area contributed by atoms with Crippen LogP contribution in [0.5, 0.6) is 0 Å². The summed E-state index contributed by atoms with van der Waals surface area (Å²) >= 11 is 0. The first-order valence-corrected chi connectivity index (χ1v) is 6.26. The molecule has 1 heterocycles. The molecule has 5 nitrogen and oxygen atoms in total. The number of likely N-dealkylation sites (N-methyl/N-ethyl adjacent to an activating group) is 1. The number of ether oxygens (including phenoxy) is 1. The summed E-state index contributed by atoms with van der Waals surface area (Å²) < 4.78 is 5.35. The van der Waals surface area contributed by atoms with Gasteiger partial charge in [-0.2, -0.15) is 0 Å². The van der Waals surface area contributed by atoms with Gasteiger partial charge in [-0.05, 0) is 19.9 Å². The minimum atomic E-state index is 0.132. The number of rotatable bonds is 5. The maximum Gasteiger partial charge on any atom is 0.223 e. The average Bonchev–Trinajstić information content (AvgIpc) is 2.35. The quantitative estimate of drug-likeness (QED) is 0.733. The summed E-state index contributed by atoms with van der Waals surface area (Å²) in [6, 6.07) is 0.625. The molecule has 100 valence electrons. The van der Waals surface area contributed by atoms with Gasteiger partial charge in [0, 0.05) is 52.4 Å². The molecule has 1 fully saturated rings. The third kappa shape index (κ3) is 4.26. The zero-order chi connectivity index (χ0) is 12.8. The Bertz CT molecular complexity index is 240. The van der Waals surface area contributed by atoms with Crippen molar-refractivity contribution in [2.45, 2.75) is 31.3 Å². The molecule has 1 aliphatic heterocycles. The fraction of sp³-hybridized carbons (Fsp3) is 0.917. The number of amides is 1. The molecule has 17 heavy (non-hydrogen) atoms. The molecule has 1 atom stereocenters. The highest BCUT2D eigenvalue weighted by Gasteiger charge is 2.25. The van der Waals surface area contributed by atoms with E-state index in [4.69, 9.17) is 10.5 Å². The zero-order valence-electron chi connectivity index (χ0n) is 11.2. The van der Waals surface area contributed by atoms with Crippen LogP contribution < -0.4 is 5.73 Å². The molecule has 1 unspecified atom stereocenters. The lowest BCUT2D eigenvalue weighted by atomic mass is 10.0. The van der Waals surface area contributed by atoms with Crippen LogP contribution in [-0.4, -0.2) is 68.7 Å². The van der Waals surface area contributed by atoms with Crippen molar-refractivity contribution in [3.63, 3.8) is 0 Å². The van der Waals surface area contributed by atoms with Gasteiger partial charge in [-0.3, -0.25) is 9.69 Å². The van der Waals surface area contributed by atoms with Crippen LogP contribution in [-0.2, 0) is 9.53 Å². The normalized spacial score (nSPS) is 19.4. The van der Waals surface area contributed by atoms with Crippen LogP contribution in [0.1, 0.15) is 19.3 Å². The molecule has 0 spiro atoms. The molecule has 5 heteroatoms. The van der Waals surface area contributed by atoms with Crippen LogP contribution in [0.15, 0.2) is 0 Å². The number of carbonyl (C=O) groups is 1. The van der Waals surface area contributed by atoms with Crippen LogP contribution >= 0.6 is 0 Å². The SMILES string of the molecule is CN(C)C(=O)CC(CN)N(C)C1CCOCC1. The molecule has 0 radical (unpaired) electrons. The molecule has 0 bridgehead atoms. The first kappa shape index (κ1) is 14.4. The molecule has 0 aromatic rings. The van der Waals surface area contributed by atoms with Gasteiger partial charge in [0.2, 0.25) is 5.91 Å². The van der Waals surface area contributed by atoms with Gasteiger partial charge >= 0.3 is 0 Å². The van der Waals surface area contributed by atoms with Crippen LogP contribution in [0.2, 0.25) is 0 Å². The van der Waals surface area contributed by atoms with Crippen molar-refractivity contribution in [2.24, 2.45) is 5.73 Å². The smallest absolute Gasteiger partial charge is 0.223 e. The van der Waals surface area contributed by atoms with Crippen LogP contribution in [0.4, 0.5) is 0 Å². The summed E-state index contributed by atoms with van der Waals surface area (Å²) in [7, 11) is 5.63. The number of nitrogens with zero attached hydrogens (tertiary/aromatic N) is 2. The molecule has 0 aliphatic carbocycles. The summed E-state index contributed by atoms with van der Waals surface area (Å²) in [6.45, 7) is 2.15. The highest BCUT2D eigenvalue weighted by atomic mass is 16.5. The maximum absolute atomic E-state index is 11.7. The Balaban J connectivity index is 2.50. The number of nitrogens with two attached hydrogens (primary N) is 1. The predicted octanol–water partition coefficient (Wildman–Crippen LogP) is -0.0972. The van der Waals surface area contributed by atoms with Crippen molar-refractivity contribution >= 4 is 5.91 Å². The van der Waals surface area contributed by atoms with E-state index in [1.807, 2.05) is 0 Å². The second-order valence-electron chi connectivity index (χ2n) is 4.89. The van der Waals surface area contributed by atoms with Crippen molar-refractivity contribution < 1.29 is 9.53 Å². The molecular weight excluding hydrogens is 218 g/mol. The second kappa shape index (κ2) is 6.93. The second-order valence-corrected chi connectivity index (χ2v) is 4.89. The zero-order valence-corrected chi connectivity index (χ0v) is 11.2. The highest BCUT2D eigenvalue weighted by molar-refractivity contribution is 5.76. The van der Waals surface area contributed by atoms with Crippen LogP contribution in [0, 0.1) is 0 Å². The molecule has 1 aliphatic rings. The van der Waals surface area contributed by atoms with Gasteiger partial charge in [0.15, 0.2) is 0 Å². The molecular formula is C12H25N3O2. The first-order chi connectivity index (χ1) is 8.06. The van der Waals surface area contributed by atoms with Crippen molar-refractivity contribution in [3.8, 4) is 0 Å². The lowest BCUT2D eigenvalue weighted by Gasteiger charge is -2.36. The van der Waals surface area contributed by atoms with Gasteiger partial charge in [0.25, 0.3) is 0 Å². The molecule has 1 amide bonds. The van der Waals surface area contributed by atoms with E-state index >= 15 is 0 Å². The average molecular weight is 243 g/mol. The van der Waals surface area contributed by atoms with Gasteiger partial charge in [-0.1, -0.05) is 0 Å². The van der Waals surface area contributed by atoms with Crippen molar-refractivity contribution in [3.05, 3.63) is 0 Å². The number of carbonyl (C=O) groups excluding carboxylic acids is 1. The third-order valence-electron chi connectivity index (χ3n) is 3.52. The Kier molecular flexibility index (Phi) is 5.88. The van der Waals surface area contributed by atoms with E-state index < -0.39 is 0 Å². The van der Waals surface area contributed by atoms with Crippen LogP contribution in [0.25, 0.3) is 0 Å². The summed E-state index contributed by atoms with van der Waals surface area (Å²) in [5.41, 5.74) is 5.79.